The van der Waals surface area contributed by atoms with Gasteiger partial charge in [-0.15, -0.1) is 0 Å². The van der Waals surface area contributed by atoms with Crippen LogP contribution in [-0.2, 0) is 16.6 Å². The third kappa shape index (κ3) is 4.16. The van der Waals surface area contributed by atoms with Gasteiger partial charge in [0.15, 0.2) is 0 Å². The van der Waals surface area contributed by atoms with Crippen molar-refractivity contribution in [1.82, 2.24) is 9.78 Å². The van der Waals surface area contributed by atoms with Gasteiger partial charge in [0, 0.05) is 17.8 Å². The van der Waals surface area contributed by atoms with Crippen molar-refractivity contribution in [1.29, 1.82) is 0 Å². The molecule has 0 atom stereocenters. The SMILES string of the molecule is NCCCn1cc(S(=O)(=O)Nc2cc(F)cc(Cl)c2)cn1. The molecule has 114 valence electrons. The first-order valence-corrected chi connectivity index (χ1v) is 7.98. The van der Waals surface area contributed by atoms with E-state index in [1.54, 1.807) is 0 Å². The fourth-order valence-electron chi connectivity index (χ4n) is 1.69. The maximum absolute atomic E-state index is 13.2. The van der Waals surface area contributed by atoms with Gasteiger partial charge in [-0.2, -0.15) is 5.10 Å². The van der Waals surface area contributed by atoms with Crippen LogP contribution in [0.4, 0.5) is 10.1 Å². The lowest BCUT2D eigenvalue weighted by Gasteiger charge is -2.06. The van der Waals surface area contributed by atoms with Crippen LogP contribution in [0.5, 0.6) is 0 Å². The summed E-state index contributed by atoms with van der Waals surface area (Å²) in [5.74, 6) is -0.626. The van der Waals surface area contributed by atoms with E-state index in [9.17, 15) is 12.8 Å². The molecule has 0 spiro atoms. The summed E-state index contributed by atoms with van der Waals surface area (Å²) < 4.78 is 41.3. The molecule has 0 saturated carbocycles. The summed E-state index contributed by atoms with van der Waals surface area (Å²) in [7, 11) is -3.84. The molecule has 2 aromatic rings. The van der Waals surface area contributed by atoms with Crippen molar-refractivity contribution < 1.29 is 12.8 Å². The number of benzene rings is 1. The molecule has 0 aliphatic rings. The van der Waals surface area contributed by atoms with E-state index in [1.165, 1.54) is 23.1 Å². The highest BCUT2D eigenvalue weighted by atomic mass is 35.5. The molecule has 3 N–H and O–H groups in total. The second-order valence-electron chi connectivity index (χ2n) is 4.34. The molecular formula is C12H14ClFN4O2S. The zero-order valence-corrected chi connectivity index (χ0v) is 12.5. The first-order valence-electron chi connectivity index (χ1n) is 6.12. The molecule has 1 aromatic carbocycles. The van der Waals surface area contributed by atoms with Crippen molar-refractivity contribution in [3.63, 3.8) is 0 Å². The molecule has 0 bridgehead atoms. The predicted octanol–water partition coefficient (Wildman–Crippen LogP) is 1.83. The minimum Gasteiger partial charge on any atom is -0.330 e. The summed E-state index contributed by atoms with van der Waals surface area (Å²) in [5.41, 5.74) is 5.43. The molecule has 2 rings (SSSR count). The third-order valence-electron chi connectivity index (χ3n) is 2.63. The number of hydrogen-bond acceptors (Lipinski definition) is 4. The molecule has 0 saturated heterocycles. The zero-order chi connectivity index (χ0) is 15.5. The maximum Gasteiger partial charge on any atom is 0.265 e. The van der Waals surface area contributed by atoms with Crippen LogP contribution in [0, 0.1) is 5.82 Å². The Balaban J connectivity index is 2.19. The minimum absolute atomic E-state index is 0.0140. The summed E-state index contributed by atoms with van der Waals surface area (Å²) in [4.78, 5) is -0.0140. The van der Waals surface area contributed by atoms with Crippen molar-refractivity contribution in [2.24, 2.45) is 5.73 Å². The van der Waals surface area contributed by atoms with Crippen LogP contribution < -0.4 is 10.5 Å². The maximum atomic E-state index is 13.2. The number of aromatic nitrogens is 2. The molecule has 0 fully saturated rings. The van der Waals surface area contributed by atoms with E-state index in [2.05, 4.69) is 9.82 Å². The molecule has 1 heterocycles. The van der Waals surface area contributed by atoms with E-state index in [0.717, 1.165) is 12.1 Å². The molecule has 21 heavy (non-hydrogen) atoms. The molecule has 0 aliphatic heterocycles. The normalized spacial score (nSPS) is 11.6. The van der Waals surface area contributed by atoms with Gasteiger partial charge in [0.25, 0.3) is 10.0 Å². The molecular weight excluding hydrogens is 319 g/mol. The lowest BCUT2D eigenvalue weighted by molar-refractivity contribution is 0.582. The number of nitrogens with one attached hydrogen (secondary N) is 1. The lowest BCUT2D eigenvalue weighted by Crippen LogP contribution is -2.12. The second-order valence-corrected chi connectivity index (χ2v) is 6.46. The first-order chi connectivity index (χ1) is 9.90. The summed E-state index contributed by atoms with van der Waals surface area (Å²) in [5, 5.41) is 4.04. The van der Waals surface area contributed by atoms with Crippen molar-refractivity contribution in [3.8, 4) is 0 Å². The zero-order valence-electron chi connectivity index (χ0n) is 11.0. The number of anilines is 1. The van der Waals surface area contributed by atoms with Gasteiger partial charge >= 0.3 is 0 Å². The van der Waals surface area contributed by atoms with E-state index in [0.29, 0.717) is 19.5 Å². The van der Waals surface area contributed by atoms with Gasteiger partial charge in [0.2, 0.25) is 0 Å². The molecule has 1 aromatic heterocycles. The molecule has 0 aliphatic carbocycles. The van der Waals surface area contributed by atoms with Gasteiger partial charge in [-0.3, -0.25) is 9.40 Å². The van der Waals surface area contributed by atoms with Gasteiger partial charge in [-0.25, -0.2) is 12.8 Å². The summed E-state index contributed by atoms with van der Waals surface area (Å²) in [6.45, 7) is 1.01. The van der Waals surface area contributed by atoms with E-state index < -0.39 is 15.8 Å². The Kier molecular flexibility index (Phi) is 4.81. The monoisotopic (exact) mass is 332 g/mol. The van der Waals surface area contributed by atoms with Crippen LogP contribution in [0.2, 0.25) is 5.02 Å². The minimum atomic E-state index is -3.84. The average molecular weight is 333 g/mol. The highest BCUT2D eigenvalue weighted by Crippen LogP contribution is 2.21. The molecule has 0 unspecified atom stereocenters. The Morgan fingerprint density at radius 1 is 1.38 bits per heavy atom. The number of halogens is 2. The number of hydrogen-bond donors (Lipinski definition) is 2. The van der Waals surface area contributed by atoms with Crippen molar-refractivity contribution in [2.45, 2.75) is 17.9 Å². The Labute approximate surface area is 126 Å². The van der Waals surface area contributed by atoms with Crippen molar-refractivity contribution in [2.75, 3.05) is 11.3 Å². The van der Waals surface area contributed by atoms with Crippen LogP contribution >= 0.6 is 11.6 Å². The van der Waals surface area contributed by atoms with Gasteiger partial charge in [-0.1, -0.05) is 11.6 Å². The summed E-state index contributed by atoms with van der Waals surface area (Å²) in [6.07, 6.45) is 3.30. The predicted molar refractivity (Wildman–Crippen MR) is 78.1 cm³/mol. The van der Waals surface area contributed by atoms with Crippen LogP contribution in [0.25, 0.3) is 0 Å². The van der Waals surface area contributed by atoms with E-state index >= 15 is 0 Å². The highest BCUT2D eigenvalue weighted by molar-refractivity contribution is 7.92. The number of sulfonamides is 1. The second kappa shape index (κ2) is 6.42. The van der Waals surface area contributed by atoms with Gasteiger partial charge < -0.3 is 5.73 Å². The standard InChI is InChI=1S/C12H14ClFN4O2S/c13-9-4-10(14)6-11(5-9)17-21(19,20)12-7-16-18(8-12)3-1-2-15/h4-8,17H,1-3,15H2. The molecule has 9 heteroatoms. The van der Waals surface area contributed by atoms with E-state index in [1.807, 2.05) is 0 Å². The molecule has 0 amide bonds. The highest BCUT2D eigenvalue weighted by Gasteiger charge is 2.17. The topological polar surface area (TPSA) is 90.0 Å². The molecule has 0 radical (unpaired) electrons. The number of aryl methyl sites for hydroxylation is 1. The Morgan fingerprint density at radius 2 is 2.14 bits per heavy atom. The van der Waals surface area contributed by atoms with Crippen LogP contribution in [0.15, 0.2) is 35.5 Å². The summed E-state index contributed by atoms with van der Waals surface area (Å²) in [6, 6.07) is 3.45. The molecule has 6 nitrogen and oxygen atoms in total. The smallest absolute Gasteiger partial charge is 0.265 e. The largest absolute Gasteiger partial charge is 0.330 e. The van der Waals surface area contributed by atoms with E-state index in [-0.39, 0.29) is 15.6 Å². The van der Waals surface area contributed by atoms with Crippen LogP contribution in [-0.4, -0.2) is 24.7 Å². The number of nitrogens with zero attached hydrogens (tertiary/aromatic N) is 2. The van der Waals surface area contributed by atoms with Gasteiger partial charge in [-0.05, 0) is 31.2 Å². The Bertz CT molecular complexity index is 712. The first kappa shape index (κ1) is 15.7. The van der Waals surface area contributed by atoms with Crippen molar-refractivity contribution >= 4 is 27.3 Å². The Hall–Kier alpha value is -1.64. The average Bonchev–Trinajstić information content (AvgIpc) is 2.84. The number of nitrogens with two attached hydrogens (primary N) is 1. The lowest BCUT2D eigenvalue weighted by atomic mass is 10.3. The summed E-state index contributed by atoms with van der Waals surface area (Å²) >= 11 is 5.68. The fraction of sp³-hybridized carbons (Fsp3) is 0.250. The quantitative estimate of drug-likeness (QED) is 0.844. The van der Waals surface area contributed by atoms with Crippen molar-refractivity contribution in [3.05, 3.63) is 41.4 Å². The fourth-order valence-corrected chi connectivity index (χ4v) is 2.90. The van der Waals surface area contributed by atoms with Crippen LogP contribution in [0.3, 0.4) is 0 Å². The van der Waals surface area contributed by atoms with Gasteiger partial charge in [0.05, 0.1) is 11.9 Å². The Morgan fingerprint density at radius 3 is 2.81 bits per heavy atom. The van der Waals surface area contributed by atoms with Gasteiger partial charge in [0.1, 0.15) is 10.7 Å². The number of rotatable bonds is 6. The third-order valence-corrected chi connectivity index (χ3v) is 4.18. The van der Waals surface area contributed by atoms with Crippen LogP contribution in [0.1, 0.15) is 6.42 Å². The van der Waals surface area contributed by atoms with E-state index in [4.69, 9.17) is 17.3 Å².